The number of benzene rings is 4. The molecule has 0 saturated carbocycles. The Morgan fingerprint density at radius 3 is 1.27 bits per heavy atom. The summed E-state index contributed by atoms with van der Waals surface area (Å²) in [6.45, 7) is 1.05. The highest BCUT2D eigenvalue weighted by Gasteiger charge is 2.32. The average molecular weight is 386 g/mol. The lowest BCUT2D eigenvalue weighted by Gasteiger charge is -2.15. The zero-order valence-electron chi connectivity index (χ0n) is 16.3. The van der Waals surface area contributed by atoms with Crippen molar-refractivity contribution in [3.8, 4) is 33.8 Å². The molecule has 0 aromatic heterocycles. The summed E-state index contributed by atoms with van der Waals surface area (Å²) in [5.74, 6) is 1.78. The zero-order valence-corrected chi connectivity index (χ0v) is 16.3. The molecule has 0 N–H and O–H groups in total. The Morgan fingerprint density at radius 1 is 0.400 bits per heavy atom. The van der Waals surface area contributed by atoms with Crippen molar-refractivity contribution >= 4 is 11.1 Å². The predicted molar refractivity (Wildman–Crippen MR) is 120 cm³/mol. The summed E-state index contributed by atoms with van der Waals surface area (Å²) in [5.41, 5.74) is 12.8. The lowest BCUT2D eigenvalue weighted by molar-refractivity contribution is 0.217. The van der Waals surface area contributed by atoms with Gasteiger partial charge in [0.05, 0.1) is 0 Å². The van der Waals surface area contributed by atoms with E-state index in [1.54, 1.807) is 0 Å². The summed E-state index contributed by atoms with van der Waals surface area (Å²) >= 11 is 0. The molecule has 0 radical (unpaired) electrons. The van der Waals surface area contributed by atoms with Gasteiger partial charge >= 0.3 is 0 Å². The van der Waals surface area contributed by atoms with E-state index in [0.29, 0.717) is 13.2 Å². The number of hydrogen-bond acceptors (Lipinski definition) is 2. The third kappa shape index (κ3) is 2.08. The summed E-state index contributed by atoms with van der Waals surface area (Å²) < 4.78 is 12.0. The van der Waals surface area contributed by atoms with Crippen LogP contribution in [0.2, 0.25) is 0 Å². The van der Waals surface area contributed by atoms with E-state index in [9.17, 15) is 0 Å². The first-order chi connectivity index (χ1) is 14.9. The van der Waals surface area contributed by atoms with Crippen molar-refractivity contribution in [3.63, 3.8) is 0 Å². The SMILES string of the molecule is c1ccc2c(c1)/C1=C3/c4ccccc4-c4ccc(cc43)OCCOc3ccc-2c1c3. The van der Waals surface area contributed by atoms with Gasteiger partial charge in [-0.05, 0) is 79.9 Å². The van der Waals surface area contributed by atoms with Crippen molar-refractivity contribution in [2.75, 3.05) is 13.2 Å². The van der Waals surface area contributed by atoms with Crippen LogP contribution in [-0.4, -0.2) is 13.2 Å². The molecule has 2 heteroatoms. The van der Waals surface area contributed by atoms with Crippen LogP contribution in [-0.2, 0) is 0 Å². The van der Waals surface area contributed by atoms with Crippen molar-refractivity contribution in [1.29, 1.82) is 0 Å². The topological polar surface area (TPSA) is 18.5 Å². The highest BCUT2D eigenvalue weighted by atomic mass is 16.5. The maximum absolute atomic E-state index is 6.02. The normalized spacial score (nSPS) is 17.2. The molecule has 0 unspecified atom stereocenters. The second-order valence-corrected chi connectivity index (χ2v) is 7.95. The molecule has 0 atom stereocenters. The fourth-order valence-electron chi connectivity index (χ4n) is 5.13. The quantitative estimate of drug-likeness (QED) is 0.300. The molecule has 30 heavy (non-hydrogen) atoms. The number of hydrogen-bond donors (Lipinski definition) is 0. The maximum Gasteiger partial charge on any atom is 0.122 e. The fourth-order valence-corrected chi connectivity index (χ4v) is 5.13. The average Bonchev–Trinajstić information content (AvgIpc) is 3.27. The molecule has 0 amide bonds. The van der Waals surface area contributed by atoms with E-state index in [2.05, 4.69) is 84.9 Å². The van der Waals surface area contributed by atoms with E-state index in [-0.39, 0.29) is 0 Å². The Morgan fingerprint density at radius 2 is 0.800 bits per heavy atom. The van der Waals surface area contributed by atoms with Gasteiger partial charge in [0, 0.05) is 0 Å². The van der Waals surface area contributed by atoms with Crippen LogP contribution < -0.4 is 9.47 Å². The lowest BCUT2D eigenvalue weighted by Crippen LogP contribution is -2.09. The van der Waals surface area contributed by atoms with Gasteiger partial charge in [0.25, 0.3) is 0 Å². The largest absolute Gasteiger partial charge is 0.490 e. The van der Waals surface area contributed by atoms with Crippen LogP contribution in [0.25, 0.3) is 33.4 Å². The maximum atomic E-state index is 6.02. The fraction of sp³-hybridized carbons (Fsp3) is 0.0714. The summed E-state index contributed by atoms with van der Waals surface area (Å²) in [5, 5.41) is 0. The Bertz CT molecular complexity index is 1290. The Balaban J connectivity index is 1.68. The second kappa shape index (κ2) is 5.87. The third-order valence-corrected chi connectivity index (χ3v) is 6.36. The van der Waals surface area contributed by atoms with Gasteiger partial charge in [0.2, 0.25) is 0 Å². The van der Waals surface area contributed by atoms with E-state index in [1.807, 2.05) is 0 Å². The summed E-state index contributed by atoms with van der Waals surface area (Å²) in [6, 6.07) is 30.4. The minimum Gasteiger partial charge on any atom is -0.490 e. The monoisotopic (exact) mass is 386 g/mol. The molecule has 4 aromatic carbocycles. The summed E-state index contributed by atoms with van der Waals surface area (Å²) in [4.78, 5) is 0. The van der Waals surface area contributed by atoms with Gasteiger partial charge in [0.1, 0.15) is 24.7 Å². The Labute approximate surface area is 175 Å². The van der Waals surface area contributed by atoms with Gasteiger partial charge in [0.15, 0.2) is 0 Å². The number of ether oxygens (including phenoxy) is 2. The first-order valence-electron chi connectivity index (χ1n) is 10.4. The summed E-state index contributed by atoms with van der Waals surface area (Å²) in [7, 11) is 0. The van der Waals surface area contributed by atoms with Crippen LogP contribution in [0.4, 0.5) is 0 Å². The third-order valence-electron chi connectivity index (χ3n) is 6.36. The molecule has 1 heterocycles. The van der Waals surface area contributed by atoms with E-state index < -0.39 is 0 Å². The zero-order chi connectivity index (χ0) is 19.7. The summed E-state index contributed by atoms with van der Waals surface area (Å²) in [6.07, 6.45) is 0. The highest BCUT2D eigenvalue weighted by molar-refractivity contribution is 6.19. The van der Waals surface area contributed by atoms with Gasteiger partial charge in [-0.25, -0.2) is 0 Å². The Hall–Kier alpha value is -3.78. The standard InChI is InChI=1S/C28H18O2/c1-3-7-23-19(5-1)21-11-9-17-15-25(21)27(23)28-24-8-4-2-6-20(24)22-12-10-18(16-26(22)28)30-14-13-29-17/h1-12,15-16H,13-14H2/b28-27+. The molecule has 4 aromatic rings. The van der Waals surface area contributed by atoms with Crippen molar-refractivity contribution in [3.05, 3.63) is 107 Å². The molecule has 7 rings (SSSR count). The molecule has 142 valence electrons. The molecule has 2 aliphatic carbocycles. The van der Waals surface area contributed by atoms with Crippen LogP contribution >= 0.6 is 0 Å². The first-order valence-corrected chi connectivity index (χ1v) is 10.4. The molecule has 0 spiro atoms. The Kier molecular flexibility index (Phi) is 3.14. The van der Waals surface area contributed by atoms with Gasteiger partial charge in [-0.3, -0.25) is 0 Å². The van der Waals surface area contributed by atoms with Gasteiger partial charge in [-0.2, -0.15) is 0 Å². The van der Waals surface area contributed by atoms with Crippen LogP contribution in [0.15, 0.2) is 84.9 Å². The van der Waals surface area contributed by atoms with Gasteiger partial charge in [-0.15, -0.1) is 0 Å². The number of fused-ring (bicyclic) bond motifs is 8. The second-order valence-electron chi connectivity index (χ2n) is 7.95. The predicted octanol–water partition coefficient (Wildman–Crippen LogP) is 6.43. The lowest BCUT2D eigenvalue weighted by atomic mass is 9.91. The highest BCUT2D eigenvalue weighted by Crippen LogP contribution is 2.55. The van der Waals surface area contributed by atoms with E-state index >= 15 is 0 Å². The molecular weight excluding hydrogens is 368 g/mol. The minimum absolute atomic E-state index is 0.523. The van der Waals surface area contributed by atoms with Gasteiger partial charge < -0.3 is 9.47 Å². The van der Waals surface area contributed by atoms with Crippen LogP contribution in [0, 0.1) is 0 Å². The molecule has 4 bridgehead atoms. The minimum atomic E-state index is 0.523. The molecule has 0 fully saturated rings. The van der Waals surface area contributed by atoms with E-state index in [1.165, 1.54) is 55.7 Å². The van der Waals surface area contributed by atoms with E-state index in [4.69, 9.17) is 9.47 Å². The molecule has 1 aliphatic heterocycles. The molecule has 0 saturated heterocycles. The molecule has 2 nitrogen and oxygen atoms in total. The van der Waals surface area contributed by atoms with Crippen molar-refractivity contribution in [1.82, 2.24) is 0 Å². The smallest absolute Gasteiger partial charge is 0.122 e. The van der Waals surface area contributed by atoms with Crippen molar-refractivity contribution < 1.29 is 9.47 Å². The van der Waals surface area contributed by atoms with Crippen LogP contribution in [0.3, 0.4) is 0 Å². The molecule has 3 aliphatic rings. The van der Waals surface area contributed by atoms with Gasteiger partial charge in [-0.1, -0.05) is 60.7 Å². The van der Waals surface area contributed by atoms with E-state index in [0.717, 1.165) is 11.5 Å². The van der Waals surface area contributed by atoms with Crippen LogP contribution in [0.5, 0.6) is 11.5 Å². The molecular formula is C28H18O2. The van der Waals surface area contributed by atoms with Crippen LogP contribution in [0.1, 0.15) is 22.3 Å². The first kappa shape index (κ1) is 16.1. The van der Waals surface area contributed by atoms with Crippen molar-refractivity contribution in [2.24, 2.45) is 0 Å². The van der Waals surface area contributed by atoms with Crippen molar-refractivity contribution in [2.45, 2.75) is 0 Å². The number of rotatable bonds is 0.